The van der Waals surface area contributed by atoms with Gasteiger partial charge in [-0.05, 0) is 31.2 Å². The van der Waals surface area contributed by atoms with Crippen molar-refractivity contribution in [1.82, 2.24) is 10.2 Å². The van der Waals surface area contributed by atoms with Gasteiger partial charge in [-0.15, -0.1) is 0 Å². The van der Waals surface area contributed by atoms with Gasteiger partial charge in [0.1, 0.15) is 5.75 Å². The molecule has 1 aliphatic heterocycles. The average molecular weight is 220 g/mol. The molecule has 4 heteroatoms. The van der Waals surface area contributed by atoms with Crippen LogP contribution in [0.1, 0.15) is 17.3 Å². The van der Waals surface area contributed by atoms with E-state index in [1.54, 1.807) is 24.3 Å². The molecule has 1 unspecified atom stereocenters. The van der Waals surface area contributed by atoms with Crippen molar-refractivity contribution in [1.29, 1.82) is 0 Å². The molecule has 0 bridgehead atoms. The molecule has 0 spiro atoms. The largest absolute Gasteiger partial charge is 0.508 e. The Hall–Kier alpha value is -1.55. The molecule has 1 fully saturated rings. The summed E-state index contributed by atoms with van der Waals surface area (Å²) in [5.74, 6) is 0.221. The molecule has 1 aromatic rings. The quantitative estimate of drug-likeness (QED) is 0.737. The van der Waals surface area contributed by atoms with E-state index in [0.29, 0.717) is 5.56 Å². The van der Waals surface area contributed by atoms with Crippen LogP contribution in [0, 0.1) is 0 Å². The monoisotopic (exact) mass is 220 g/mol. The smallest absolute Gasteiger partial charge is 0.254 e. The van der Waals surface area contributed by atoms with Gasteiger partial charge < -0.3 is 15.3 Å². The summed E-state index contributed by atoms with van der Waals surface area (Å²) in [6.45, 7) is 4.45. The number of hydrogen-bond acceptors (Lipinski definition) is 3. The summed E-state index contributed by atoms with van der Waals surface area (Å²) in [7, 11) is 0. The number of benzene rings is 1. The number of hydrogen-bond donors (Lipinski definition) is 2. The molecule has 1 aromatic carbocycles. The second-order valence-corrected chi connectivity index (χ2v) is 4.10. The van der Waals surface area contributed by atoms with Crippen LogP contribution in [0.15, 0.2) is 24.3 Å². The SMILES string of the molecule is CC1CNCCN1C(=O)c1ccc(O)cc1. The van der Waals surface area contributed by atoms with Crippen molar-refractivity contribution >= 4 is 5.91 Å². The van der Waals surface area contributed by atoms with Gasteiger partial charge in [0.05, 0.1) is 0 Å². The highest BCUT2D eigenvalue weighted by molar-refractivity contribution is 5.94. The molecule has 0 aliphatic carbocycles. The first-order chi connectivity index (χ1) is 7.68. The Kier molecular flexibility index (Phi) is 3.10. The zero-order chi connectivity index (χ0) is 11.5. The van der Waals surface area contributed by atoms with Crippen molar-refractivity contribution in [2.75, 3.05) is 19.6 Å². The van der Waals surface area contributed by atoms with Crippen LogP contribution >= 0.6 is 0 Å². The van der Waals surface area contributed by atoms with Crippen molar-refractivity contribution in [2.45, 2.75) is 13.0 Å². The van der Waals surface area contributed by atoms with Gasteiger partial charge in [0.2, 0.25) is 0 Å². The summed E-state index contributed by atoms with van der Waals surface area (Å²) >= 11 is 0. The first-order valence-electron chi connectivity index (χ1n) is 5.49. The molecule has 4 nitrogen and oxygen atoms in total. The highest BCUT2D eigenvalue weighted by atomic mass is 16.3. The topological polar surface area (TPSA) is 52.6 Å². The van der Waals surface area contributed by atoms with Gasteiger partial charge in [0, 0.05) is 31.2 Å². The molecule has 0 saturated carbocycles. The Labute approximate surface area is 94.9 Å². The molecule has 2 N–H and O–H groups in total. The van der Waals surface area contributed by atoms with E-state index < -0.39 is 0 Å². The standard InChI is InChI=1S/C12H16N2O2/c1-9-8-13-6-7-14(9)12(16)10-2-4-11(15)5-3-10/h2-5,9,13,15H,6-8H2,1H3. The number of carbonyl (C=O) groups excluding carboxylic acids is 1. The second kappa shape index (κ2) is 4.53. The third-order valence-electron chi connectivity index (χ3n) is 2.88. The van der Waals surface area contributed by atoms with E-state index in [1.807, 2.05) is 11.8 Å². The molecule has 0 radical (unpaired) electrons. The predicted molar refractivity (Wildman–Crippen MR) is 61.5 cm³/mol. The first kappa shape index (κ1) is 11.0. The number of phenolic OH excluding ortho intramolecular Hbond substituents is 1. The Morgan fingerprint density at radius 1 is 1.44 bits per heavy atom. The van der Waals surface area contributed by atoms with E-state index in [2.05, 4.69) is 5.32 Å². The van der Waals surface area contributed by atoms with Gasteiger partial charge in [0.25, 0.3) is 5.91 Å². The lowest BCUT2D eigenvalue weighted by Gasteiger charge is -2.34. The minimum absolute atomic E-state index is 0.0361. The van der Waals surface area contributed by atoms with Crippen molar-refractivity contribution in [3.8, 4) is 5.75 Å². The molecule has 16 heavy (non-hydrogen) atoms. The van der Waals surface area contributed by atoms with Crippen LogP contribution in [0.4, 0.5) is 0 Å². The maximum Gasteiger partial charge on any atom is 0.254 e. The van der Waals surface area contributed by atoms with Crippen molar-refractivity contribution in [3.63, 3.8) is 0 Å². The molecule has 1 atom stereocenters. The van der Waals surface area contributed by atoms with Crippen LogP contribution < -0.4 is 5.32 Å². The summed E-state index contributed by atoms with van der Waals surface area (Å²) in [4.78, 5) is 14.0. The highest BCUT2D eigenvalue weighted by Crippen LogP contribution is 2.14. The Balaban J connectivity index is 2.14. The van der Waals surface area contributed by atoms with Gasteiger partial charge in [-0.3, -0.25) is 4.79 Å². The zero-order valence-corrected chi connectivity index (χ0v) is 9.31. The van der Waals surface area contributed by atoms with Gasteiger partial charge in [-0.25, -0.2) is 0 Å². The molecule has 2 rings (SSSR count). The third-order valence-corrected chi connectivity index (χ3v) is 2.88. The van der Waals surface area contributed by atoms with E-state index in [9.17, 15) is 4.79 Å². The highest BCUT2D eigenvalue weighted by Gasteiger charge is 2.23. The van der Waals surface area contributed by atoms with E-state index in [0.717, 1.165) is 19.6 Å². The first-order valence-corrected chi connectivity index (χ1v) is 5.49. The van der Waals surface area contributed by atoms with Crippen LogP contribution in [-0.2, 0) is 0 Å². The van der Waals surface area contributed by atoms with Crippen LogP contribution in [0.2, 0.25) is 0 Å². The van der Waals surface area contributed by atoms with E-state index in [-0.39, 0.29) is 17.7 Å². The normalized spacial score (nSPS) is 20.8. The van der Waals surface area contributed by atoms with E-state index in [1.165, 1.54) is 0 Å². The number of amides is 1. The van der Waals surface area contributed by atoms with Crippen LogP contribution in [0.25, 0.3) is 0 Å². The molecular weight excluding hydrogens is 204 g/mol. The average Bonchev–Trinajstić information content (AvgIpc) is 2.30. The summed E-state index contributed by atoms with van der Waals surface area (Å²) in [6, 6.07) is 6.62. The van der Waals surface area contributed by atoms with Crippen LogP contribution in [0.3, 0.4) is 0 Å². The van der Waals surface area contributed by atoms with Crippen LogP contribution in [0.5, 0.6) is 5.75 Å². The molecule has 1 aliphatic rings. The Morgan fingerprint density at radius 3 is 2.75 bits per heavy atom. The van der Waals surface area contributed by atoms with Gasteiger partial charge >= 0.3 is 0 Å². The maximum atomic E-state index is 12.1. The number of piperazine rings is 1. The number of rotatable bonds is 1. The van der Waals surface area contributed by atoms with Crippen molar-refractivity contribution < 1.29 is 9.90 Å². The van der Waals surface area contributed by atoms with Gasteiger partial charge in [0.15, 0.2) is 0 Å². The van der Waals surface area contributed by atoms with Crippen LogP contribution in [-0.4, -0.2) is 41.6 Å². The number of nitrogens with zero attached hydrogens (tertiary/aromatic N) is 1. The molecular formula is C12H16N2O2. The lowest BCUT2D eigenvalue weighted by Crippen LogP contribution is -2.52. The zero-order valence-electron chi connectivity index (χ0n) is 9.31. The number of phenols is 1. The fourth-order valence-corrected chi connectivity index (χ4v) is 1.91. The molecule has 1 heterocycles. The lowest BCUT2D eigenvalue weighted by molar-refractivity contribution is 0.0656. The predicted octanol–water partition coefficient (Wildman–Crippen LogP) is 0.826. The minimum atomic E-state index is 0.0361. The third kappa shape index (κ3) is 2.17. The second-order valence-electron chi connectivity index (χ2n) is 4.10. The summed E-state index contributed by atoms with van der Waals surface area (Å²) in [5, 5.41) is 12.4. The number of nitrogens with one attached hydrogen (secondary N) is 1. The van der Waals surface area contributed by atoms with Gasteiger partial charge in [-0.2, -0.15) is 0 Å². The molecule has 0 aromatic heterocycles. The molecule has 1 amide bonds. The van der Waals surface area contributed by atoms with Gasteiger partial charge in [-0.1, -0.05) is 0 Å². The van der Waals surface area contributed by atoms with Crippen molar-refractivity contribution in [2.24, 2.45) is 0 Å². The fourth-order valence-electron chi connectivity index (χ4n) is 1.91. The van der Waals surface area contributed by atoms with E-state index in [4.69, 9.17) is 5.11 Å². The number of carbonyl (C=O) groups is 1. The Morgan fingerprint density at radius 2 is 2.12 bits per heavy atom. The van der Waals surface area contributed by atoms with E-state index >= 15 is 0 Å². The maximum absolute atomic E-state index is 12.1. The lowest BCUT2D eigenvalue weighted by atomic mass is 10.1. The minimum Gasteiger partial charge on any atom is -0.508 e. The van der Waals surface area contributed by atoms with Crippen molar-refractivity contribution in [3.05, 3.63) is 29.8 Å². The summed E-state index contributed by atoms with van der Waals surface area (Å²) in [6.07, 6.45) is 0. The summed E-state index contributed by atoms with van der Waals surface area (Å²) < 4.78 is 0. The Bertz CT molecular complexity index is 375. The summed E-state index contributed by atoms with van der Waals surface area (Å²) in [5.41, 5.74) is 0.631. The molecule has 86 valence electrons. The number of aromatic hydroxyl groups is 1. The fraction of sp³-hybridized carbons (Fsp3) is 0.417. The molecule has 1 saturated heterocycles.